The number of fused-ring (bicyclic) bond motifs is 2. The molecule has 1 atom stereocenters. The van der Waals surface area contributed by atoms with Gasteiger partial charge in [0.1, 0.15) is 0 Å². The second kappa shape index (κ2) is 9.16. The van der Waals surface area contributed by atoms with Crippen LogP contribution in [0, 0.1) is 0 Å². The number of carbonyl (C=O) groups is 1. The normalized spacial score (nSPS) is 16.8. The fraction of sp³-hybridized carbons (Fsp3) is 0.320. The number of rotatable bonds is 6. The van der Waals surface area contributed by atoms with Gasteiger partial charge in [-0.1, -0.05) is 67.2 Å². The third kappa shape index (κ3) is 4.24. The van der Waals surface area contributed by atoms with E-state index >= 15 is 0 Å². The van der Waals surface area contributed by atoms with Crippen LogP contribution in [-0.2, 0) is 30.6 Å². The van der Waals surface area contributed by atoms with Crippen molar-refractivity contribution in [3.8, 4) is 0 Å². The van der Waals surface area contributed by atoms with Gasteiger partial charge in [0.25, 0.3) is 5.56 Å². The van der Waals surface area contributed by atoms with E-state index < -0.39 is 0 Å². The highest BCUT2D eigenvalue weighted by molar-refractivity contribution is 8.00. The lowest BCUT2D eigenvalue weighted by Gasteiger charge is -2.18. The van der Waals surface area contributed by atoms with Crippen LogP contribution in [0.25, 0.3) is 0 Å². The molecule has 0 saturated carbocycles. The van der Waals surface area contributed by atoms with Crippen molar-refractivity contribution in [1.29, 1.82) is 0 Å². The maximum Gasteiger partial charge on any atom is 0.268 e. The Kier molecular flexibility index (Phi) is 6.11. The van der Waals surface area contributed by atoms with Crippen LogP contribution in [0.3, 0.4) is 0 Å². The summed E-state index contributed by atoms with van der Waals surface area (Å²) >= 11 is 3.00. The van der Waals surface area contributed by atoms with Gasteiger partial charge in [0.2, 0.25) is 5.91 Å². The second-order valence-corrected chi connectivity index (χ2v) is 10.6. The van der Waals surface area contributed by atoms with Gasteiger partial charge in [-0.2, -0.15) is 0 Å². The van der Waals surface area contributed by atoms with Crippen LogP contribution in [-0.4, -0.2) is 33.0 Å². The van der Waals surface area contributed by atoms with E-state index in [1.807, 2.05) is 41.3 Å². The molecule has 1 unspecified atom stereocenters. The van der Waals surface area contributed by atoms with Gasteiger partial charge in [0.05, 0.1) is 16.3 Å². The Bertz CT molecular complexity index is 1210. The molecular weight excluding hydrogens is 438 g/mol. The molecule has 1 amide bonds. The van der Waals surface area contributed by atoms with Gasteiger partial charge < -0.3 is 4.90 Å². The van der Waals surface area contributed by atoms with Gasteiger partial charge in [-0.05, 0) is 30.0 Å². The molecule has 0 N–H and O–H groups in total. The summed E-state index contributed by atoms with van der Waals surface area (Å²) in [5.74, 6) is 0.334. The van der Waals surface area contributed by atoms with Gasteiger partial charge in [0, 0.05) is 30.4 Å². The Labute approximate surface area is 196 Å². The van der Waals surface area contributed by atoms with Gasteiger partial charge in [-0.25, -0.2) is 4.98 Å². The summed E-state index contributed by atoms with van der Waals surface area (Å²) < 4.78 is 1.77. The lowest BCUT2D eigenvalue weighted by Crippen LogP contribution is -2.31. The van der Waals surface area contributed by atoms with Gasteiger partial charge >= 0.3 is 0 Å². The maximum absolute atomic E-state index is 13.3. The van der Waals surface area contributed by atoms with Crippen molar-refractivity contribution in [1.82, 2.24) is 9.55 Å². The molecule has 0 radical (unpaired) electrons. The van der Waals surface area contributed by atoms with Crippen LogP contribution < -0.4 is 10.5 Å². The number of aromatic nitrogens is 2. The molecule has 7 heteroatoms. The van der Waals surface area contributed by atoms with Crippen LogP contribution in [0.15, 0.2) is 69.4 Å². The quantitative estimate of drug-likeness (QED) is 0.405. The highest BCUT2D eigenvalue weighted by Crippen LogP contribution is 2.34. The highest BCUT2D eigenvalue weighted by atomic mass is 32.2. The largest absolute Gasteiger partial charge is 0.311 e. The molecule has 0 aliphatic carbocycles. The molecule has 0 saturated heterocycles. The summed E-state index contributed by atoms with van der Waals surface area (Å²) in [7, 11) is 0. The highest BCUT2D eigenvalue weighted by Gasteiger charge is 2.28. The zero-order valence-corrected chi connectivity index (χ0v) is 19.6. The first kappa shape index (κ1) is 21.3. The molecule has 5 nitrogen and oxygen atoms in total. The van der Waals surface area contributed by atoms with Crippen LogP contribution in [0.1, 0.15) is 23.7 Å². The summed E-state index contributed by atoms with van der Waals surface area (Å²) in [5.41, 5.74) is 4.31. The minimum atomic E-state index is 0.0294. The van der Waals surface area contributed by atoms with E-state index in [9.17, 15) is 9.59 Å². The Balaban J connectivity index is 1.38. The van der Waals surface area contributed by atoms with Crippen molar-refractivity contribution in [2.75, 3.05) is 17.2 Å². The number of amides is 1. The summed E-state index contributed by atoms with van der Waals surface area (Å²) in [4.78, 5) is 33.8. The van der Waals surface area contributed by atoms with Crippen molar-refractivity contribution in [3.05, 3.63) is 81.8 Å². The van der Waals surface area contributed by atoms with Gasteiger partial charge in [-0.15, -0.1) is 11.8 Å². The average Bonchev–Trinajstić information content (AvgIpc) is 3.41. The standard InChI is InChI=1S/C25H25N3O2S2/c1-17-15-20-23(32-17)24(30)28(13-11-18-7-3-2-4-8-18)25(26-20)31-16-22(29)27-14-12-19-9-5-6-10-21(19)27/h2-10,17H,11-16H2,1H3. The van der Waals surface area contributed by atoms with E-state index in [1.165, 1.54) is 22.9 Å². The number of benzene rings is 2. The van der Waals surface area contributed by atoms with E-state index in [2.05, 4.69) is 25.1 Å². The smallest absolute Gasteiger partial charge is 0.268 e. The lowest BCUT2D eigenvalue weighted by atomic mass is 10.1. The van der Waals surface area contributed by atoms with Gasteiger partial charge in [0.15, 0.2) is 5.16 Å². The summed E-state index contributed by atoms with van der Waals surface area (Å²) in [6.07, 6.45) is 2.44. The van der Waals surface area contributed by atoms with Crippen LogP contribution in [0.4, 0.5) is 5.69 Å². The zero-order chi connectivity index (χ0) is 22.1. The average molecular weight is 464 g/mol. The molecule has 32 heavy (non-hydrogen) atoms. The molecule has 3 aromatic rings. The van der Waals surface area contributed by atoms with Crippen LogP contribution in [0.5, 0.6) is 0 Å². The lowest BCUT2D eigenvalue weighted by molar-refractivity contribution is -0.116. The third-order valence-electron chi connectivity index (χ3n) is 5.94. The molecule has 2 aromatic carbocycles. The van der Waals surface area contributed by atoms with Crippen molar-refractivity contribution in [2.45, 2.75) is 48.0 Å². The molecule has 0 fully saturated rings. The Hall–Kier alpha value is -2.51. The molecule has 164 valence electrons. The fourth-order valence-electron chi connectivity index (χ4n) is 4.33. The number of carbonyl (C=O) groups excluding carboxylic acids is 1. The first-order valence-corrected chi connectivity index (χ1v) is 12.8. The van der Waals surface area contributed by atoms with Crippen molar-refractivity contribution >= 4 is 35.1 Å². The zero-order valence-electron chi connectivity index (χ0n) is 18.0. The first-order valence-electron chi connectivity index (χ1n) is 11.0. The van der Waals surface area contributed by atoms with Crippen molar-refractivity contribution < 1.29 is 4.79 Å². The predicted octanol–water partition coefficient (Wildman–Crippen LogP) is 4.20. The third-order valence-corrected chi connectivity index (χ3v) is 8.12. The van der Waals surface area contributed by atoms with E-state index in [0.29, 0.717) is 23.5 Å². The number of aryl methyl sites for hydroxylation is 1. The first-order chi connectivity index (χ1) is 15.6. The Morgan fingerprint density at radius 2 is 1.94 bits per heavy atom. The number of thioether (sulfide) groups is 2. The maximum atomic E-state index is 13.3. The summed E-state index contributed by atoms with van der Waals surface area (Å²) in [5, 5.41) is 1.01. The number of hydrogen-bond donors (Lipinski definition) is 0. The van der Waals surface area contributed by atoms with E-state index in [4.69, 9.17) is 4.98 Å². The summed E-state index contributed by atoms with van der Waals surface area (Å²) in [6.45, 7) is 3.40. The minimum Gasteiger partial charge on any atom is -0.311 e. The van der Waals surface area contributed by atoms with Crippen molar-refractivity contribution in [3.63, 3.8) is 0 Å². The Morgan fingerprint density at radius 3 is 2.78 bits per heavy atom. The number of para-hydroxylation sites is 1. The van der Waals surface area contributed by atoms with Gasteiger partial charge in [-0.3, -0.25) is 14.2 Å². The minimum absolute atomic E-state index is 0.0294. The van der Waals surface area contributed by atoms with E-state index in [1.54, 1.807) is 16.3 Å². The molecule has 5 rings (SSSR count). The van der Waals surface area contributed by atoms with Crippen molar-refractivity contribution in [2.24, 2.45) is 0 Å². The summed E-state index contributed by atoms with van der Waals surface area (Å²) in [6, 6.07) is 18.2. The topological polar surface area (TPSA) is 55.2 Å². The SMILES string of the molecule is CC1Cc2nc(SCC(=O)N3CCc4ccccc43)n(CCc3ccccc3)c(=O)c2S1. The monoisotopic (exact) mass is 463 g/mol. The number of anilines is 1. The number of nitrogens with zero attached hydrogens (tertiary/aromatic N) is 3. The molecular formula is C25H25N3O2S2. The van der Waals surface area contributed by atoms with Crippen LogP contribution in [0.2, 0.25) is 0 Å². The molecule has 1 aromatic heterocycles. The molecule has 0 bridgehead atoms. The van der Waals surface area contributed by atoms with E-state index in [-0.39, 0.29) is 17.2 Å². The predicted molar refractivity (Wildman–Crippen MR) is 131 cm³/mol. The van der Waals surface area contributed by atoms with E-state index in [0.717, 1.165) is 35.5 Å². The number of hydrogen-bond acceptors (Lipinski definition) is 5. The molecule has 3 heterocycles. The molecule has 2 aliphatic heterocycles. The Morgan fingerprint density at radius 1 is 1.16 bits per heavy atom. The molecule has 0 spiro atoms. The second-order valence-electron chi connectivity index (χ2n) is 8.21. The molecule has 2 aliphatic rings. The fourth-order valence-corrected chi connectivity index (χ4v) is 6.36. The van der Waals surface area contributed by atoms with Crippen LogP contribution >= 0.6 is 23.5 Å².